The summed E-state index contributed by atoms with van der Waals surface area (Å²) in [5, 5.41) is 23.8. The van der Waals surface area contributed by atoms with E-state index in [1.807, 2.05) is 68.7 Å². The number of rotatable bonds is 6. The minimum atomic E-state index is -1.48. The zero-order valence-electron chi connectivity index (χ0n) is 19.5. The van der Waals surface area contributed by atoms with Crippen LogP contribution < -0.4 is 9.47 Å². The number of aromatic nitrogens is 1. The lowest BCUT2D eigenvalue weighted by atomic mass is 9.70. The van der Waals surface area contributed by atoms with Gasteiger partial charge in [0.1, 0.15) is 17.1 Å². The van der Waals surface area contributed by atoms with Gasteiger partial charge in [-0.25, -0.2) is 0 Å². The molecule has 2 aromatic carbocycles. The molecule has 178 valence electrons. The number of aliphatic hydroxyl groups excluding tert-OH is 1. The van der Waals surface area contributed by atoms with Crippen LogP contribution in [-0.2, 0) is 11.2 Å². The summed E-state index contributed by atoms with van der Waals surface area (Å²) in [6, 6.07) is 17.9. The van der Waals surface area contributed by atoms with E-state index in [4.69, 9.17) is 9.47 Å². The number of pyridine rings is 1. The van der Waals surface area contributed by atoms with Gasteiger partial charge in [-0.05, 0) is 37.4 Å². The highest BCUT2D eigenvalue weighted by atomic mass is 79.9. The molecule has 0 spiro atoms. The normalized spacial score (nSPS) is 29.6. The predicted octanol–water partition coefficient (Wildman–Crippen LogP) is 3.91. The second-order valence-electron chi connectivity index (χ2n) is 9.43. The summed E-state index contributed by atoms with van der Waals surface area (Å²) in [7, 11) is 5.54. The van der Waals surface area contributed by atoms with E-state index in [1.54, 1.807) is 19.5 Å². The summed E-state index contributed by atoms with van der Waals surface area (Å²) >= 11 is 3.54. The molecule has 5 rings (SSSR count). The third kappa shape index (κ3) is 3.14. The Morgan fingerprint density at radius 3 is 2.41 bits per heavy atom. The van der Waals surface area contributed by atoms with Crippen molar-refractivity contribution < 1.29 is 19.7 Å². The molecule has 1 aromatic heterocycles. The number of benzene rings is 2. The fourth-order valence-electron chi connectivity index (χ4n) is 6.26. The van der Waals surface area contributed by atoms with Crippen LogP contribution in [0.5, 0.6) is 11.5 Å². The van der Waals surface area contributed by atoms with Crippen molar-refractivity contribution in [1.82, 2.24) is 9.88 Å². The zero-order valence-corrected chi connectivity index (χ0v) is 21.1. The van der Waals surface area contributed by atoms with Crippen LogP contribution in [0.4, 0.5) is 0 Å². The lowest BCUT2D eigenvalue weighted by Gasteiger charge is -2.42. The second-order valence-corrected chi connectivity index (χ2v) is 10.3. The molecule has 2 N–H and O–H groups in total. The van der Waals surface area contributed by atoms with Gasteiger partial charge in [0.25, 0.3) is 0 Å². The molecular formula is C27H29BrN2O4. The van der Waals surface area contributed by atoms with Crippen LogP contribution in [0.3, 0.4) is 0 Å². The molecule has 5 atom stereocenters. The Bertz CT molecular complexity index is 1170. The Morgan fingerprint density at radius 2 is 1.79 bits per heavy atom. The highest BCUT2D eigenvalue weighted by Crippen LogP contribution is 2.71. The first kappa shape index (κ1) is 23.3. The average Bonchev–Trinajstić information content (AvgIpc) is 3.22. The molecule has 3 aromatic rings. The van der Waals surface area contributed by atoms with Gasteiger partial charge in [0.05, 0.1) is 25.1 Å². The fourth-order valence-corrected chi connectivity index (χ4v) is 6.53. The molecule has 0 bridgehead atoms. The maximum atomic E-state index is 13.0. The molecule has 0 radical (unpaired) electrons. The minimum absolute atomic E-state index is 0.0925. The van der Waals surface area contributed by atoms with Gasteiger partial charge in [-0.15, -0.1) is 0 Å². The van der Waals surface area contributed by atoms with E-state index in [0.717, 1.165) is 15.6 Å². The number of halogens is 1. The van der Waals surface area contributed by atoms with E-state index in [2.05, 4.69) is 25.8 Å². The first-order valence-corrected chi connectivity index (χ1v) is 12.2. The van der Waals surface area contributed by atoms with Crippen LogP contribution >= 0.6 is 15.9 Å². The summed E-state index contributed by atoms with van der Waals surface area (Å²) in [4.78, 5) is 6.37. The second kappa shape index (κ2) is 8.64. The van der Waals surface area contributed by atoms with Crippen molar-refractivity contribution >= 4 is 15.9 Å². The molecule has 7 heteroatoms. The Hall–Kier alpha value is -2.45. The van der Waals surface area contributed by atoms with Crippen molar-refractivity contribution in [2.24, 2.45) is 11.8 Å². The molecule has 6 nitrogen and oxygen atoms in total. The van der Waals surface area contributed by atoms with E-state index in [-0.39, 0.29) is 24.4 Å². The molecule has 0 unspecified atom stereocenters. The highest BCUT2D eigenvalue weighted by molar-refractivity contribution is 9.10. The Morgan fingerprint density at radius 1 is 1.09 bits per heavy atom. The van der Waals surface area contributed by atoms with Crippen LogP contribution in [-0.4, -0.2) is 54.5 Å². The van der Waals surface area contributed by atoms with E-state index in [1.165, 1.54) is 0 Å². The number of hydrogen-bond donors (Lipinski definition) is 2. The fraction of sp³-hybridized carbons (Fsp3) is 0.370. The lowest BCUT2D eigenvalue weighted by Crippen LogP contribution is -2.52. The maximum Gasteiger partial charge on any atom is 0.174 e. The third-order valence-corrected chi connectivity index (χ3v) is 7.97. The van der Waals surface area contributed by atoms with Crippen LogP contribution in [0.15, 0.2) is 71.5 Å². The van der Waals surface area contributed by atoms with Gasteiger partial charge in [0, 0.05) is 35.4 Å². The van der Waals surface area contributed by atoms with Crippen molar-refractivity contribution in [3.63, 3.8) is 0 Å². The molecular weight excluding hydrogens is 496 g/mol. The number of ether oxygens (including phenoxy) is 2. The Balaban J connectivity index is 1.88. The quantitative estimate of drug-likeness (QED) is 0.509. The smallest absolute Gasteiger partial charge is 0.174 e. The lowest BCUT2D eigenvalue weighted by molar-refractivity contribution is -0.131. The van der Waals surface area contributed by atoms with Gasteiger partial charge in [-0.2, -0.15) is 0 Å². The summed E-state index contributed by atoms with van der Waals surface area (Å²) in [6.07, 6.45) is 3.27. The number of nitrogens with zero attached hydrogens (tertiary/aromatic N) is 2. The number of hydrogen-bond acceptors (Lipinski definition) is 6. The largest absolute Gasteiger partial charge is 0.495 e. The Kier molecular flexibility index (Phi) is 5.92. The van der Waals surface area contributed by atoms with E-state index in [0.29, 0.717) is 23.6 Å². The molecule has 2 aliphatic rings. The van der Waals surface area contributed by atoms with Crippen molar-refractivity contribution in [2.45, 2.75) is 17.1 Å². The van der Waals surface area contributed by atoms with E-state index >= 15 is 0 Å². The molecule has 1 aliphatic heterocycles. The van der Waals surface area contributed by atoms with Crippen molar-refractivity contribution in [3.8, 4) is 11.5 Å². The molecule has 34 heavy (non-hydrogen) atoms. The van der Waals surface area contributed by atoms with Crippen molar-refractivity contribution in [2.75, 3.05) is 34.4 Å². The minimum Gasteiger partial charge on any atom is -0.495 e. The van der Waals surface area contributed by atoms with Gasteiger partial charge in [0.2, 0.25) is 0 Å². The summed E-state index contributed by atoms with van der Waals surface area (Å²) in [5.41, 5.74) is -0.241. The predicted molar refractivity (Wildman–Crippen MR) is 133 cm³/mol. The van der Waals surface area contributed by atoms with Crippen LogP contribution in [0.1, 0.15) is 22.6 Å². The van der Waals surface area contributed by atoms with E-state index < -0.39 is 11.2 Å². The maximum absolute atomic E-state index is 13.0. The van der Waals surface area contributed by atoms with Gasteiger partial charge >= 0.3 is 0 Å². The molecule has 2 heterocycles. The zero-order chi connectivity index (χ0) is 24.1. The van der Waals surface area contributed by atoms with Crippen molar-refractivity contribution in [1.29, 1.82) is 0 Å². The van der Waals surface area contributed by atoms with Crippen molar-refractivity contribution in [3.05, 3.63) is 88.2 Å². The third-order valence-electron chi connectivity index (χ3n) is 7.44. The van der Waals surface area contributed by atoms with Crippen LogP contribution in [0.25, 0.3) is 0 Å². The molecule has 1 fully saturated rings. The summed E-state index contributed by atoms with van der Waals surface area (Å²) in [5.74, 6) is 0.0364. The van der Waals surface area contributed by atoms with E-state index in [9.17, 15) is 10.2 Å². The van der Waals surface area contributed by atoms with Gasteiger partial charge < -0.3 is 24.6 Å². The summed E-state index contributed by atoms with van der Waals surface area (Å²) < 4.78 is 13.5. The topological polar surface area (TPSA) is 75.1 Å². The number of fused-ring (bicyclic) bond motifs is 3. The number of methoxy groups -OCH3 is 1. The molecule has 1 saturated carbocycles. The van der Waals surface area contributed by atoms with Crippen LogP contribution in [0, 0.1) is 11.8 Å². The summed E-state index contributed by atoms with van der Waals surface area (Å²) in [6.45, 7) is 0.461. The SMILES string of the molecule is COc1cncc2c1[C@]1(O)[C@@H](CN(C)C)[C@H](CO)[C@@H](c3ccccc3)[C@]1(c1ccc(Br)cc1)O2. The monoisotopic (exact) mass is 524 g/mol. The first-order valence-electron chi connectivity index (χ1n) is 11.4. The average molecular weight is 525 g/mol. The standard InChI is InChI=1S/C27H29BrN2O4/c1-30(2)15-21-20(16-31)24(17-7-5-4-6-8-17)27(18-9-11-19(28)12-10-18)26(21,32)25-22(33-3)13-29-14-23(25)34-27/h4-14,20-21,24,31-32H,15-16H2,1-3H3/t20-,21-,24+,26+,27-/m0/s1. The van der Waals surface area contributed by atoms with Gasteiger partial charge in [0.15, 0.2) is 5.60 Å². The first-order chi connectivity index (χ1) is 16.4. The van der Waals surface area contributed by atoms with Crippen LogP contribution in [0.2, 0.25) is 0 Å². The van der Waals surface area contributed by atoms with Gasteiger partial charge in [-0.1, -0.05) is 58.4 Å². The molecule has 1 aliphatic carbocycles. The van der Waals surface area contributed by atoms with Gasteiger partial charge in [-0.3, -0.25) is 4.98 Å². The Labute approximate surface area is 208 Å². The highest BCUT2D eigenvalue weighted by Gasteiger charge is 2.76. The molecule has 0 saturated heterocycles. The number of aliphatic hydroxyl groups is 2. The molecule has 0 amide bonds.